The molecule has 2 fully saturated rings. The van der Waals surface area contributed by atoms with Crippen LogP contribution in [0.4, 0.5) is 5.69 Å². The van der Waals surface area contributed by atoms with Gasteiger partial charge in [0.2, 0.25) is 0 Å². The largest absolute Gasteiger partial charge is 0.360 e. The fourth-order valence-corrected chi connectivity index (χ4v) is 5.13. The maximum Gasteiger partial charge on any atom is 0.159 e. The summed E-state index contributed by atoms with van der Waals surface area (Å²) in [4.78, 5) is 15.6. The Kier molecular flexibility index (Phi) is 4.23. The van der Waals surface area contributed by atoms with Crippen LogP contribution in [0.5, 0.6) is 0 Å². The van der Waals surface area contributed by atoms with Crippen LogP contribution in [0.25, 0.3) is 0 Å². The molecule has 1 N–H and O–H groups in total. The number of fused-ring (bicyclic) bond motifs is 1. The molecular weight excluding hydrogens is 308 g/mol. The van der Waals surface area contributed by atoms with E-state index < -0.39 is 0 Å². The smallest absolute Gasteiger partial charge is 0.159 e. The number of carbonyl (C=O) groups excluding carboxylic acids is 1. The van der Waals surface area contributed by atoms with E-state index in [-0.39, 0.29) is 5.78 Å². The first-order chi connectivity index (χ1) is 11.9. The number of allylic oxidation sites excluding steroid dienone is 1. The topological polar surface area (TPSA) is 24.8 Å². The number of ketones is 1. The minimum absolute atomic E-state index is 0.141. The average molecular weight is 340 g/mol. The number of nitrogens with one attached hydrogen (secondary N) is 1. The molecule has 2 atom stereocenters. The molecule has 3 heteroatoms. The van der Waals surface area contributed by atoms with Gasteiger partial charge in [0, 0.05) is 11.3 Å². The van der Waals surface area contributed by atoms with Crippen LogP contribution in [0.2, 0.25) is 0 Å². The van der Waals surface area contributed by atoms with Crippen molar-refractivity contribution < 1.29 is 9.69 Å². The van der Waals surface area contributed by atoms with E-state index in [2.05, 4.69) is 37.0 Å². The van der Waals surface area contributed by atoms with Gasteiger partial charge in [0.15, 0.2) is 5.78 Å². The number of nitrogens with zero attached hydrogens (tertiary/aromatic N) is 1. The summed E-state index contributed by atoms with van der Waals surface area (Å²) in [5, 5.41) is 0. The summed E-state index contributed by atoms with van der Waals surface area (Å²) in [6, 6.07) is 8.11. The molecule has 0 aromatic heterocycles. The van der Waals surface area contributed by atoms with Crippen LogP contribution < -0.4 is 9.80 Å². The number of Topliss-reactive ketones (excluding diaryl/α,β-unsaturated/α-hetero) is 1. The van der Waals surface area contributed by atoms with Crippen LogP contribution in [-0.2, 0) is 0 Å². The molecule has 0 unspecified atom stereocenters. The molecule has 0 radical (unpaired) electrons. The number of quaternary nitrogens is 1. The lowest BCUT2D eigenvalue weighted by molar-refractivity contribution is -0.896. The Hall–Kier alpha value is -1.61. The minimum atomic E-state index is 0.141. The lowest BCUT2D eigenvalue weighted by Crippen LogP contribution is -3.15. The summed E-state index contributed by atoms with van der Waals surface area (Å²) in [6.07, 6.45) is 5.30. The van der Waals surface area contributed by atoms with Gasteiger partial charge in [-0.3, -0.25) is 4.79 Å². The molecule has 1 heterocycles. The number of hydrogen-bond acceptors (Lipinski definition) is 2. The van der Waals surface area contributed by atoms with Crippen molar-refractivity contribution in [2.45, 2.75) is 33.6 Å². The fourth-order valence-electron chi connectivity index (χ4n) is 5.13. The maximum absolute atomic E-state index is 11.4. The molecule has 0 amide bonds. The van der Waals surface area contributed by atoms with Crippen molar-refractivity contribution in [2.75, 3.05) is 37.6 Å². The van der Waals surface area contributed by atoms with Gasteiger partial charge in [0.05, 0.1) is 32.7 Å². The second kappa shape index (κ2) is 6.28. The Bertz CT molecular complexity index is 680. The maximum atomic E-state index is 11.4. The van der Waals surface area contributed by atoms with E-state index in [1.165, 1.54) is 38.2 Å². The Balaban J connectivity index is 1.33. The number of carbonyl (C=O) groups is 1. The second-order valence-corrected chi connectivity index (χ2v) is 8.84. The summed E-state index contributed by atoms with van der Waals surface area (Å²) in [5.41, 5.74) is 4.34. The van der Waals surface area contributed by atoms with E-state index >= 15 is 0 Å². The molecule has 1 saturated carbocycles. The molecule has 5 rings (SSSR count). The lowest BCUT2D eigenvalue weighted by atomic mass is 9.49. The van der Waals surface area contributed by atoms with Gasteiger partial charge in [-0.25, -0.2) is 0 Å². The zero-order valence-corrected chi connectivity index (χ0v) is 15.8. The van der Waals surface area contributed by atoms with E-state index in [4.69, 9.17) is 0 Å². The van der Waals surface area contributed by atoms with Crippen molar-refractivity contribution in [1.29, 1.82) is 0 Å². The molecule has 1 aromatic carbocycles. The van der Waals surface area contributed by atoms with Crippen molar-refractivity contribution in [3.8, 4) is 0 Å². The number of rotatable bonds is 4. The standard InChI is InChI=1S/C22H30N2O/c1-16(25)17-5-8-20(9-6-17)24-12-10-23(11-13-24)15-18-4-7-19-14-21(18)22(19,2)3/h4-6,8-9,19,21H,7,10-15H2,1-3H3/p+1/t19-,21-/m0/s1. The third-order valence-corrected chi connectivity index (χ3v) is 7.15. The van der Waals surface area contributed by atoms with Crippen LogP contribution >= 0.6 is 0 Å². The fraction of sp³-hybridized carbons (Fsp3) is 0.591. The predicted octanol–water partition coefficient (Wildman–Crippen LogP) is 2.59. The van der Waals surface area contributed by atoms with E-state index in [0.29, 0.717) is 5.41 Å². The average Bonchev–Trinajstić information content (AvgIpc) is 2.62. The number of hydrogen-bond donors (Lipinski definition) is 1. The first-order valence-corrected chi connectivity index (χ1v) is 9.83. The summed E-state index contributed by atoms with van der Waals surface area (Å²) in [6.45, 7) is 12.5. The van der Waals surface area contributed by atoms with Crippen LogP contribution in [0.15, 0.2) is 35.9 Å². The Morgan fingerprint density at radius 2 is 1.88 bits per heavy atom. The normalized spacial score (nSPS) is 28.3. The molecular formula is C22H31N2O+. The van der Waals surface area contributed by atoms with Crippen molar-refractivity contribution in [1.82, 2.24) is 0 Å². The zero-order chi connectivity index (χ0) is 17.6. The van der Waals surface area contributed by atoms with E-state index in [0.717, 1.165) is 30.5 Å². The van der Waals surface area contributed by atoms with E-state index in [1.54, 1.807) is 17.4 Å². The van der Waals surface area contributed by atoms with Crippen molar-refractivity contribution in [3.63, 3.8) is 0 Å². The zero-order valence-electron chi connectivity index (χ0n) is 15.8. The number of anilines is 1. The van der Waals surface area contributed by atoms with Gasteiger partial charge < -0.3 is 9.80 Å². The highest BCUT2D eigenvalue weighted by molar-refractivity contribution is 5.94. The summed E-state index contributed by atoms with van der Waals surface area (Å²) < 4.78 is 0. The second-order valence-electron chi connectivity index (χ2n) is 8.84. The molecule has 3 nitrogen and oxygen atoms in total. The Morgan fingerprint density at radius 3 is 2.44 bits per heavy atom. The van der Waals surface area contributed by atoms with Gasteiger partial charge in [0.25, 0.3) is 0 Å². The van der Waals surface area contributed by atoms with Gasteiger partial charge in [0.1, 0.15) is 0 Å². The molecule has 25 heavy (non-hydrogen) atoms. The Morgan fingerprint density at radius 1 is 1.20 bits per heavy atom. The highest BCUT2D eigenvalue weighted by atomic mass is 16.1. The highest BCUT2D eigenvalue weighted by Crippen LogP contribution is 2.58. The summed E-state index contributed by atoms with van der Waals surface area (Å²) >= 11 is 0. The van der Waals surface area contributed by atoms with E-state index in [9.17, 15) is 4.79 Å². The van der Waals surface area contributed by atoms with Gasteiger partial charge >= 0.3 is 0 Å². The summed E-state index contributed by atoms with van der Waals surface area (Å²) in [7, 11) is 0. The quantitative estimate of drug-likeness (QED) is 0.674. The molecule has 3 aliphatic carbocycles. The Labute approximate surface area is 151 Å². The third kappa shape index (κ3) is 3.03. The monoisotopic (exact) mass is 339 g/mol. The highest BCUT2D eigenvalue weighted by Gasteiger charge is 2.51. The first-order valence-electron chi connectivity index (χ1n) is 9.83. The predicted molar refractivity (Wildman–Crippen MR) is 102 cm³/mol. The summed E-state index contributed by atoms with van der Waals surface area (Å²) in [5.74, 6) is 1.92. The van der Waals surface area contributed by atoms with Crippen LogP contribution in [0.1, 0.15) is 44.0 Å². The molecule has 1 aliphatic heterocycles. The first kappa shape index (κ1) is 16.8. The number of benzene rings is 1. The molecule has 2 bridgehead atoms. The minimum Gasteiger partial charge on any atom is -0.360 e. The lowest BCUT2D eigenvalue weighted by Gasteiger charge is -2.56. The number of piperazine rings is 1. The molecule has 134 valence electrons. The SMILES string of the molecule is CC(=O)c1ccc(N2CC[NH+](CC3=CC[C@H]4C[C@@H]3C4(C)C)CC2)cc1. The molecule has 1 aromatic rings. The van der Waals surface area contributed by atoms with Crippen LogP contribution in [-0.4, -0.2) is 38.5 Å². The molecule has 4 aliphatic rings. The van der Waals surface area contributed by atoms with Gasteiger partial charge in [-0.2, -0.15) is 0 Å². The van der Waals surface area contributed by atoms with Gasteiger partial charge in [-0.05, 0) is 66.9 Å². The van der Waals surface area contributed by atoms with E-state index in [1.807, 2.05) is 12.1 Å². The van der Waals surface area contributed by atoms with Crippen LogP contribution in [0.3, 0.4) is 0 Å². The van der Waals surface area contributed by atoms with Crippen molar-refractivity contribution >= 4 is 11.5 Å². The van der Waals surface area contributed by atoms with Gasteiger partial charge in [-0.15, -0.1) is 0 Å². The van der Waals surface area contributed by atoms with Crippen LogP contribution in [0, 0.1) is 17.3 Å². The van der Waals surface area contributed by atoms with Crippen molar-refractivity contribution in [3.05, 3.63) is 41.5 Å². The molecule has 1 saturated heterocycles. The molecule has 0 spiro atoms. The van der Waals surface area contributed by atoms with Crippen molar-refractivity contribution in [2.24, 2.45) is 17.3 Å². The van der Waals surface area contributed by atoms with Gasteiger partial charge in [-0.1, -0.05) is 19.9 Å². The third-order valence-electron chi connectivity index (χ3n) is 7.15.